The van der Waals surface area contributed by atoms with Gasteiger partial charge in [-0.05, 0) is 43.5 Å². The van der Waals surface area contributed by atoms with Crippen molar-refractivity contribution in [2.75, 3.05) is 26.7 Å². The van der Waals surface area contributed by atoms with E-state index in [9.17, 15) is 4.79 Å². The first-order valence-corrected chi connectivity index (χ1v) is 9.21. The summed E-state index contributed by atoms with van der Waals surface area (Å²) in [5.41, 5.74) is 6.85. The maximum absolute atomic E-state index is 11.3. The fraction of sp³-hybridized carbons (Fsp3) is 0.579. The number of guanidine groups is 1. The number of aliphatic imine (C=N–C) groups is 1. The standard InChI is InChI=1S/C19H31N5O/c1-3-17-9-4-5-11-24(17)12-10-22-19(21-2)23-14-15-7-6-8-16(13-15)18(20)25/h6-8,13,17H,3-5,9-12,14H2,1-2H3,(H2,20,25)(H2,21,22,23). The number of piperidine rings is 1. The van der Waals surface area contributed by atoms with Gasteiger partial charge in [0.2, 0.25) is 5.91 Å². The summed E-state index contributed by atoms with van der Waals surface area (Å²) in [5.74, 6) is 0.367. The van der Waals surface area contributed by atoms with Gasteiger partial charge in [-0.3, -0.25) is 14.7 Å². The highest BCUT2D eigenvalue weighted by Crippen LogP contribution is 2.18. The summed E-state index contributed by atoms with van der Waals surface area (Å²) in [4.78, 5) is 18.1. The fourth-order valence-electron chi connectivity index (χ4n) is 3.38. The van der Waals surface area contributed by atoms with Crippen LogP contribution >= 0.6 is 0 Å². The number of carbonyl (C=O) groups is 1. The van der Waals surface area contributed by atoms with Gasteiger partial charge >= 0.3 is 0 Å². The van der Waals surface area contributed by atoms with Crippen molar-refractivity contribution in [3.63, 3.8) is 0 Å². The number of amides is 1. The van der Waals surface area contributed by atoms with Crippen LogP contribution in [-0.4, -0.2) is 49.5 Å². The van der Waals surface area contributed by atoms with E-state index in [1.54, 1.807) is 13.1 Å². The fourth-order valence-corrected chi connectivity index (χ4v) is 3.38. The van der Waals surface area contributed by atoms with E-state index in [1.807, 2.05) is 18.2 Å². The first kappa shape index (κ1) is 19.2. The molecule has 138 valence electrons. The van der Waals surface area contributed by atoms with Gasteiger partial charge in [-0.15, -0.1) is 0 Å². The van der Waals surface area contributed by atoms with Crippen LogP contribution in [0.4, 0.5) is 0 Å². The molecule has 1 aromatic rings. The summed E-state index contributed by atoms with van der Waals surface area (Å²) in [6, 6.07) is 8.06. The van der Waals surface area contributed by atoms with Crippen molar-refractivity contribution in [2.45, 2.75) is 45.2 Å². The number of hydrogen-bond acceptors (Lipinski definition) is 3. The lowest BCUT2D eigenvalue weighted by atomic mass is 10.0. The molecule has 1 aromatic carbocycles. The van der Waals surface area contributed by atoms with E-state index in [2.05, 4.69) is 27.4 Å². The summed E-state index contributed by atoms with van der Waals surface area (Å²) in [7, 11) is 1.77. The molecule has 1 aliphatic rings. The third kappa shape index (κ3) is 6.05. The van der Waals surface area contributed by atoms with Gasteiger partial charge in [0.15, 0.2) is 5.96 Å². The van der Waals surface area contributed by atoms with Crippen molar-refractivity contribution >= 4 is 11.9 Å². The number of primary amides is 1. The first-order chi connectivity index (χ1) is 12.1. The molecule has 1 amide bonds. The van der Waals surface area contributed by atoms with E-state index in [0.717, 1.165) is 30.7 Å². The van der Waals surface area contributed by atoms with Crippen LogP contribution in [0.2, 0.25) is 0 Å². The molecular weight excluding hydrogens is 314 g/mol. The highest BCUT2D eigenvalue weighted by Gasteiger charge is 2.19. The molecule has 2 rings (SSSR count). The maximum Gasteiger partial charge on any atom is 0.248 e. The second-order valence-corrected chi connectivity index (χ2v) is 6.51. The summed E-state index contributed by atoms with van der Waals surface area (Å²) >= 11 is 0. The van der Waals surface area contributed by atoms with E-state index in [0.29, 0.717) is 12.1 Å². The summed E-state index contributed by atoms with van der Waals surface area (Å²) in [6.45, 7) is 5.99. The Hall–Kier alpha value is -2.08. The molecule has 1 fully saturated rings. The minimum atomic E-state index is -0.406. The van der Waals surface area contributed by atoms with E-state index in [1.165, 1.54) is 32.2 Å². The van der Waals surface area contributed by atoms with Gasteiger partial charge < -0.3 is 16.4 Å². The Labute approximate surface area is 150 Å². The molecule has 25 heavy (non-hydrogen) atoms. The van der Waals surface area contributed by atoms with Crippen LogP contribution in [0, 0.1) is 0 Å². The molecule has 0 aliphatic carbocycles. The number of nitrogens with zero attached hydrogens (tertiary/aromatic N) is 2. The van der Waals surface area contributed by atoms with Crippen molar-refractivity contribution in [3.8, 4) is 0 Å². The lowest BCUT2D eigenvalue weighted by Gasteiger charge is -2.35. The van der Waals surface area contributed by atoms with Crippen molar-refractivity contribution in [1.29, 1.82) is 0 Å². The van der Waals surface area contributed by atoms with Gasteiger partial charge in [-0.2, -0.15) is 0 Å². The van der Waals surface area contributed by atoms with Crippen molar-refractivity contribution < 1.29 is 4.79 Å². The number of benzene rings is 1. The number of carbonyl (C=O) groups excluding carboxylic acids is 1. The van der Waals surface area contributed by atoms with Crippen LogP contribution in [0.15, 0.2) is 29.3 Å². The minimum Gasteiger partial charge on any atom is -0.366 e. The molecule has 4 N–H and O–H groups in total. The summed E-state index contributed by atoms with van der Waals surface area (Å²) in [5, 5.41) is 6.66. The predicted octanol–water partition coefficient (Wildman–Crippen LogP) is 1.72. The number of hydrogen-bond donors (Lipinski definition) is 3. The molecule has 1 heterocycles. The first-order valence-electron chi connectivity index (χ1n) is 9.21. The van der Waals surface area contributed by atoms with Crippen molar-refractivity contribution in [1.82, 2.24) is 15.5 Å². The van der Waals surface area contributed by atoms with Crippen LogP contribution in [-0.2, 0) is 6.54 Å². The molecule has 1 atom stereocenters. The van der Waals surface area contributed by atoms with Gasteiger partial charge in [0.1, 0.15) is 0 Å². The van der Waals surface area contributed by atoms with Gasteiger partial charge in [0.25, 0.3) is 0 Å². The molecule has 6 heteroatoms. The predicted molar refractivity (Wildman–Crippen MR) is 103 cm³/mol. The molecular formula is C19H31N5O. The molecule has 1 saturated heterocycles. The van der Waals surface area contributed by atoms with E-state index >= 15 is 0 Å². The van der Waals surface area contributed by atoms with Crippen LogP contribution in [0.1, 0.15) is 48.5 Å². The van der Waals surface area contributed by atoms with Crippen molar-refractivity contribution in [2.24, 2.45) is 10.7 Å². The Morgan fingerprint density at radius 1 is 1.36 bits per heavy atom. The lowest BCUT2D eigenvalue weighted by Crippen LogP contribution is -2.45. The highest BCUT2D eigenvalue weighted by molar-refractivity contribution is 5.92. The quantitative estimate of drug-likeness (QED) is 0.519. The topological polar surface area (TPSA) is 82.8 Å². The Morgan fingerprint density at radius 2 is 2.20 bits per heavy atom. The SMILES string of the molecule is CCC1CCCCN1CCNC(=NC)NCc1cccc(C(N)=O)c1. The van der Waals surface area contributed by atoms with Gasteiger partial charge in [0, 0.05) is 38.3 Å². The molecule has 0 aromatic heterocycles. The third-order valence-electron chi connectivity index (χ3n) is 4.81. The lowest BCUT2D eigenvalue weighted by molar-refractivity contribution is 0.1000. The molecule has 0 saturated carbocycles. The van der Waals surface area contributed by atoms with E-state index < -0.39 is 5.91 Å². The van der Waals surface area contributed by atoms with Crippen LogP contribution in [0.3, 0.4) is 0 Å². The van der Waals surface area contributed by atoms with E-state index in [4.69, 9.17) is 5.73 Å². The maximum atomic E-state index is 11.3. The van der Waals surface area contributed by atoms with Crippen LogP contribution in [0.25, 0.3) is 0 Å². The van der Waals surface area contributed by atoms with Gasteiger partial charge in [-0.25, -0.2) is 0 Å². The summed E-state index contributed by atoms with van der Waals surface area (Å²) < 4.78 is 0. The molecule has 0 spiro atoms. The zero-order valence-corrected chi connectivity index (χ0v) is 15.4. The Morgan fingerprint density at radius 3 is 2.92 bits per heavy atom. The third-order valence-corrected chi connectivity index (χ3v) is 4.81. The zero-order valence-electron chi connectivity index (χ0n) is 15.4. The minimum absolute atomic E-state index is 0.406. The molecule has 1 aliphatic heterocycles. The second-order valence-electron chi connectivity index (χ2n) is 6.51. The molecule has 1 unspecified atom stereocenters. The van der Waals surface area contributed by atoms with Crippen LogP contribution in [0.5, 0.6) is 0 Å². The average Bonchev–Trinajstić information content (AvgIpc) is 2.65. The van der Waals surface area contributed by atoms with Crippen molar-refractivity contribution in [3.05, 3.63) is 35.4 Å². The Bertz CT molecular complexity index is 587. The second kappa shape index (κ2) is 10.0. The van der Waals surface area contributed by atoms with Crippen LogP contribution < -0.4 is 16.4 Å². The van der Waals surface area contributed by atoms with E-state index in [-0.39, 0.29) is 0 Å². The number of nitrogens with two attached hydrogens (primary N) is 1. The largest absolute Gasteiger partial charge is 0.366 e. The zero-order chi connectivity index (χ0) is 18.1. The summed E-state index contributed by atoms with van der Waals surface area (Å²) in [6.07, 6.45) is 5.21. The average molecular weight is 345 g/mol. The Balaban J connectivity index is 1.77. The number of rotatable bonds is 7. The Kier molecular flexibility index (Phi) is 7.73. The monoisotopic (exact) mass is 345 g/mol. The highest BCUT2D eigenvalue weighted by atomic mass is 16.1. The van der Waals surface area contributed by atoms with Gasteiger partial charge in [0.05, 0.1) is 0 Å². The molecule has 0 radical (unpaired) electrons. The van der Waals surface area contributed by atoms with Gasteiger partial charge in [-0.1, -0.05) is 25.5 Å². The number of nitrogens with one attached hydrogen (secondary N) is 2. The molecule has 6 nitrogen and oxygen atoms in total. The normalized spacial score (nSPS) is 18.8. The molecule has 0 bridgehead atoms. The number of likely N-dealkylation sites (tertiary alicyclic amines) is 1. The smallest absolute Gasteiger partial charge is 0.248 e.